The molecule has 26 heavy (non-hydrogen) atoms. The molecule has 0 saturated heterocycles. The topological polar surface area (TPSA) is 36.7 Å². The molecular formula is C21H17ClN2S2. The summed E-state index contributed by atoms with van der Waals surface area (Å²) in [6.45, 7) is 0. The minimum absolute atomic E-state index is 0.739. The number of nitriles is 1. The van der Waals surface area contributed by atoms with Crippen molar-refractivity contribution in [1.82, 2.24) is 4.98 Å². The molecule has 3 aromatic rings. The fraction of sp³-hybridized carbons (Fsp3) is 0.238. The standard InChI is InChI=1S/C21H17ClN2S2/c22-15-9-7-14(8-10-15)13-26-21-18(12-23)16-4-1-2-5-17(16)20(24-21)19-6-3-11-25-19/h3,6-11H,1-2,4-5,13H2. The molecule has 2 heterocycles. The molecule has 0 atom stereocenters. The Morgan fingerprint density at radius 1 is 1.12 bits per heavy atom. The van der Waals surface area contributed by atoms with Gasteiger partial charge in [0.15, 0.2) is 0 Å². The van der Waals surface area contributed by atoms with Gasteiger partial charge in [0.25, 0.3) is 0 Å². The van der Waals surface area contributed by atoms with Crippen LogP contribution in [0.5, 0.6) is 0 Å². The highest BCUT2D eigenvalue weighted by atomic mass is 35.5. The number of thiophene rings is 1. The lowest BCUT2D eigenvalue weighted by molar-refractivity contribution is 0.678. The van der Waals surface area contributed by atoms with Gasteiger partial charge in [-0.3, -0.25) is 0 Å². The summed E-state index contributed by atoms with van der Waals surface area (Å²) in [4.78, 5) is 6.15. The van der Waals surface area contributed by atoms with Gasteiger partial charge in [0.05, 0.1) is 16.1 Å². The molecule has 0 spiro atoms. The van der Waals surface area contributed by atoms with E-state index in [4.69, 9.17) is 16.6 Å². The molecule has 4 rings (SSSR count). The van der Waals surface area contributed by atoms with E-state index in [9.17, 15) is 5.26 Å². The molecule has 0 bridgehead atoms. The van der Waals surface area contributed by atoms with Crippen molar-refractivity contribution >= 4 is 34.7 Å². The molecule has 2 nitrogen and oxygen atoms in total. The number of hydrogen-bond acceptors (Lipinski definition) is 4. The monoisotopic (exact) mass is 396 g/mol. The zero-order valence-corrected chi connectivity index (χ0v) is 16.6. The highest BCUT2D eigenvalue weighted by Crippen LogP contribution is 2.38. The Morgan fingerprint density at radius 3 is 2.58 bits per heavy atom. The van der Waals surface area contributed by atoms with E-state index >= 15 is 0 Å². The number of aromatic nitrogens is 1. The first kappa shape index (κ1) is 17.6. The van der Waals surface area contributed by atoms with Crippen molar-refractivity contribution in [3.63, 3.8) is 0 Å². The van der Waals surface area contributed by atoms with Crippen LogP contribution < -0.4 is 0 Å². The Kier molecular flexibility index (Phi) is 5.31. The first-order valence-corrected chi connectivity index (χ1v) is 10.9. The predicted molar refractivity (Wildman–Crippen MR) is 110 cm³/mol. The largest absolute Gasteiger partial charge is 0.239 e. The molecule has 0 fully saturated rings. The quantitative estimate of drug-likeness (QED) is 0.472. The number of fused-ring (bicyclic) bond motifs is 1. The van der Waals surface area contributed by atoms with Crippen molar-refractivity contribution in [2.24, 2.45) is 0 Å². The summed E-state index contributed by atoms with van der Waals surface area (Å²) in [7, 11) is 0. The molecule has 1 aromatic carbocycles. The number of nitrogens with zero attached hydrogens (tertiary/aromatic N) is 2. The van der Waals surface area contributed by atoms with Crippen molar-refractivity contribution in [2.45, 2.75) is 36.5 Å². The third-order valence-corrected chi connectivity index (χ3v) is 6.81. The van der Waals surface area contributed by atoms with Gasteiger partial charge in [-0.25, -0.2) is 4.98 Å². The van der Waals surface area contributed by atoms with Gasteiger partial charge in [-0.1, -0.05) is 29.8 Å². The lowest BCUT2D eigenvalue weighted by Gasteiger charge is -2.21. The number of thioether (sulfide) groups is 1. The lowest BCUT2D eigenvalue weighted by atomic mass is 9.88. The van der Waals surface area contributed by atoms with Crippen LogP contribution in [0.3, 0.4) is 0 Å². The molecule has 0 amide bonds. The molecular weight excluding hydrogens is 380 g/mol. The van der Waals surface area contributed by atoms with Crippen LogP contribution in [-0.4, -0.2) is 4.98 Å². The third kappa shape index (κ3) is 3.53. The molecule has 0 saturated carbocycles. The van der Waals surface area contributed by atoms with Crippen LogP contribution in [0.2, 0.25) is 5.02 Å². The van der Waals surface area contributed by atoms with E-state index < -0.39 is 0 Å². The lowest BCUT2D eigenvalue weighted by Crippen LogP contribution is -2.10. The van der Waals surface area contributed by atoms with Crippen LogP contribution in [0.1, 0.15) is 35.1 Å². The summed E-state index contributed by atoms with van der Waals surface area (Å²) < 4.78 is 0. The molecule has 0 N–H and O–H groups in total. The number of halogens is 1. The number of rotatable bonds is 4. The highest BCUT2D eigenvalue weighted by Gasteiger charge is 2.23. The van der Waals surface area contributed by atoms with Gasteiger partial charge in [0.2, 0.25) is 0 Å². The average molecular weight is 397 g/mol. The van der Waals surface area contributed by atoms with Crippen molar-refractivity contribution in [1.29, 1.82) is 5.26 Å². The summed E-state index contributed by atoms with van der Waals surface area (Å²) in [6.07, 6.45) is 4.33. The third-order valence-electron chi connectivity index (χ3n) is 4.64. The normalized spacial score (nSPS) is 13.2. The minimum Gasteiger partial charge on any atom is -0.239 e. The van der Waals surface area contributed by atoms with Crippen molar-refractivity contribution in [3.8, 4) is 16.6 Å². The van der Waals surface area contributed by atoms with E-state index in [-0.39, 0.29) is 0 Å². The van der Waals surface area contributed by atoms with Gasteiger partial charge in [0.1, 0.15) is 11.1 Å². The van der Waals surface area contributed by atoms with Gasteiger partial charge < -0.3 is 0 Å². The smallest absolute Gasteiger partial charge is 0.115 e. The minimum atomic E-state index is 0.739. The Bertz CT molecular complexity index is 957. The fourth-order valence-corrected chi connectivity index (χ4v) is 5.20. The number of hydrogen-bond donors (Lipinski definition) is 0. The van der Waals surface area contributed by atoms with Crippen LogP contribution in [0.4, 0.5) is 0 Å². The van der Waals surface area contributed by atoms with Gasteiger partial charge in [0, 0.05) is 10.8 Å². The Hall–Kier alpha value is -1.80. The molecule has 5 heteroatoms. The molecule has 2 aromatic heterocycles. The summed E-state index contributed by atoms with van der Waals surface area (Å²) in [5.41, 5.74) is 5.54. The zero-order valence-electron chi connectivity index (χ0n) is 14.2. The van der Waals surface area contributed by atoms with Crippen LogP contribution in [0.25, 0.3) is 10.6 Å². The van der Waals surface area contributed by atoms with Crippen LogP contribution >= 0.6 is 34.7 Å². The van der Waals surface area contributed by atoms with E-state index in [1.54, 1.807) is 23.1 Å². The predicted octanol–water partition coefficient (Wildman–Crippen LogP) is 6.51. The van der Waals surface area contributed by atoms with Crippen LogP contribution in [-0.2, 0) is 18.6 Å². The summed E-state index contributed by atoms with van der Waals surface area (Å²) >= 11 is 9.33. The average Bonchev–Trinajstić information content (AvgIpc) is 3.21. The fourth-order valence-electron chi connectivity index (χ4n) is 3.37. The van der Waals surface area contributed by atoms with Crippen molar-refractivity contribution in [3.05, 3.63) is 69.1 Å². The summed E-state index contributed by atoms with van der Waals surface area (Å²) in [5.74, 6) is 0.779. The first-order valence-electron chi connectivity index (χ1n) is 8.63. The second-order valence-corrected chi connectivity index (χ2v) is 8.66. The van der Waals surface area contributed by atoms with Crippen LogP contribution in [0.15, 0.2) is 46.8 Å². The summed E-state index contributed by atoms with van der Waals surface area (Å²) in [6, 6.07) is 14.5. The van der Waals surface area contributed by atoms with E-state index in [0.717, 1.165) is 46.3 Å². The van der Waals surface area contributed by atoms with Gasteiger partial charge in [-0.2, -0.15) is 5.26 Å². The maximum absolute atomic E-state index is 9.81. The molecule has 0 aliphatic heterocycles. The SMILES string of the molecule is N#Cc1c(SCc2ccc(Cl)cc2)nc(-c2cccs2)c2c1CCCC2. The highest BCUT2D eigenvalue weighted by molar-refractivity contribution is 7.98. The van der Waals surface area contributed by atoms with E-state index in [2.05, 4.69) is 23.6 Å². The summed E-state index contributed by atoms with van der Waals surface area (Å²) in [5, 5.41) is 13.5. The first-order chi connectivity index (χ1) is 12.8. The molecule has 0 radical (unpaired) electrons. The molecule has 1 aliphatic rings. The second kappa shape index (κ2) is 7.84. The molecule has 0 unspecified atom stereocenters. The number of benzene rings is 1. The maximum Gasteiger partial charge on any atom is 0.115 e. The Balaban J connectivity index is 1.74. The van der Waals surface area contributed by atoms with E-state index in [1.807, 2.05) is 24.3 Å². The maximum atomic E-state index is 9.81. The Labute approximate surface area is 166 Å². The van der Waals surface area contributed by atoms with Gasteiger partial charge >= 0.3 is 0 Å². The molecule has 130 valence electrons. The second-order valence-electron chi connectivity index (χ2n) is 6.31. The molecule has 1 aliphatic carbocycles. The van der Waals surface area contributed by atoms with Gasteiger partial charge in [-0.05, 0) is 66.0 Å². The zero-order chi connectivity index (χ0) is 17.9. The van der Waals surface area contributed by atoms with Gasteiger partial charge in [-0.15, -0.1) is 23.1 Å². The Morgan fingerprint density at radius 2 is 1.88 bits per heavy atom. The van der Waals surface area contributed by atoms with E-state index in [1.165, 1.54) is 28.0 Å². The van der Waals surface area contributed by atoms with Crippen molar-refractivity contribution < 1.29 is 0 Å². The van der Waals surface area contributed by atoms with E-state index in [0.29, 0.717) is 0 Å². The van der Waals surface area contributed by atoms with Crippen molar-refractivity contribution in [2.75, 3.05) is 0 Å². The number of pyridine rings is 1. The van der Waals surface area contributed by atoms with Crippen LogP contribution in [0, 0.1) is 11.3 Å².